The fourth-order valence-corrected chi connectivity index (χ4v) is 1.79. The molecule has 0 unspecified atom stereocenters. The molecule has 1 rings (SSSR count). The van der Waals surface area contributed by atoms with Crippen molar-refractivity contribution in [2.45, 2.75) is 5.75 Å². The summed E-state index contributed by atoms with van der Waals surface area (Å²) in [4.78, 5) is 3.51. The normalized spacial score (nSPS) is 9.88. The number of nitrogens with two attached hydrogens (primary N) is 2. The summed E-state index contributed by atoms with van der Waals surface area (Å²) in [5.41, 5.74) is 10.6. The number of hydrogen-bond acceptors (Lipinski definition) is 2. The Morgan fingerprint density at radius 1 is 1.50 bits per heavy atom. The van der Waals surface area contributed by atoms with Gasteiger partial charge in [0.25, 0.3) is 0 Å². The van der Waals surface area contributed by atoms with Gasteiger partial charge in [-0.1, -0.05) is 29.4 Å². The summed E-state index contributed by atoms with van der Waals surface area (Å²) in [5.74, 6) is -0.315. The fraction of sp³-hybridized carbons (Fsp3) is 0.111. The second-order valence-electron chi connectivity index (χ2n) is 2.87. The molecule has 0 atom stereocenters. The van der Waals surface area contributed by atoms with Gasteiger partial charge < -0.3 is 11.5 Å². The maximum absolute atomic E-state index is 13.3. The molecule has 0 spiro atoms. The molecule has 0 bridgehead atoms. The predicted octanol–water partition coefficient (Wildman–Crippen LogP) is 1.92. The zero-order chi connectivity index (χ0) is 12.1. The molecule has 0 radical (unpaired) electrons. The van der Waals surface area contributed by atoms with E-state index >= 15 is 0 Å². The van der Waals surface area contributed by atoms with Gasteiger partial charge in [-0.3, -0.25) is 5.41 Å². The van der Waals surface area contributed by atoms with E-state index in [1.54, 1.807) is 12.1 Å². The number of thioether (sulfide) groups is 1. The maximum atomic E-state index is 13.3. The van der Waals surface area contributed by atoms with Crippen LogP contribution >= 0.6 is 23.4 Å². The summed E-state index contributed by atoms with van der Waals surface area (Å²) in [6, 6.07) is 4.37. The molecule has 0 fully saturated rings. The third-order valence-electron chi connectivity index (χ3n) is 1.61. The van der Waals surface area contributed by atoms with Gasteiger partial charge in [-0.25, -0.2) is 4.39 Å². The highest BCUT2D eigenvalue weighted by Gasteiger charge is 2.04. The second-order valence-corrected chi connectivity index (χ2v) is 4.27. The SMILES string of the molecule is N=C(N=C(N)N)SCc1ccc(Cl)cc1F. The Morgan fingerprint density at radius 3 is 2.75 bits per heavy atom. The lowest BCUT2D eigenvalue weighted by atomic mass is 10.2. The monoisotopic (exact) mass is 260 g/mol. The number of guanidine groups is 1. The molecular weight excluding hydrogens is 251 g/mol. The summed E-state index contributed by atoms with van der Waals surface area (Å²) >= 11 is 6.64. The van der Waals surface area contributed by atoms with E-state index in [0.29, 0.717) is 10.6 Å². The van der Waals surface area contributed by atoms with E-state index in [9.17, 15) is 4.39 Å². The number of amidine groups is 1. The number of halogens is 2. The minimum Gasteiger partial charge on any atom is -0.370 e. The van der Waals surface area contributed by atoms with E-state index in [1.165, 1.54) is 6.07 Å². The van der Waals surface area contributed by atoms with E-state index in [-0.39, 0.29) is 16.9 Å². The minimum absolute atomic E-state index is 0.0608. The molecule has 0 aliphatic carbocycles. The van der Waals surface area contributed by atoms with Crippen molar-refractivity contribution in [3.8, 4) is 0 Å². The van der Waals surface area contributed by atoms with Crippen molar-refractivity contribution in [1.82, 2.24) is 0 Å². The molecule has 1 aromatic carbocycles. The van der Waals surface area contributed by atoms with Gasteiger partial charge in [0, 0.05) is 10.8 Å². The molecule has 1 aromatic rings. The average Bonchev–Trinajstić information content (AvgIpc) is 2.15. The number of benzene rings is 1. The van der Waals surface area contributed by atoms with Crippen LogP contribution in [0.25, 0.3) is 0 Å². The highest BCUT2D eigenvalue weighted by atomic mass is 35.5. The molecule has 16 heavy (non-hydrogen) atoms. The Labute approximate surface area is 101 Å². The van der Waals surface area contributed by atoms with Crippen LogP contribution in [0.2, 0.25) is 5.02 Å². The quantitative estimate of drug-likeness (QED) is 0.561. The van der Waals surface area contributed by atoms with Gasteiger partial charge in [0.2, 0.25) is 0 Å². The Balaban J connectivity index is 2.62. The van der Waals surface area contributed by atoms with Crippen LogP contribution < -0.4 is 11.5 Å². The maximum Gasteiger partial charge on any atom is 0.193 e. The summed E-state index contributed by atoms with van der Waals surface area (Å²) in [7, 11) is 0. The first-order valence-corrected chi connectivity index (χ1v) is 5.60. The summed E-state index contributed by atoms with van der Waals surface area (Å²) in [6.07, 6.45) is 0. The van der Waals surface area contributed by atoms with Crippen LogP contribution in [0.1, 0.15) is 5.56 Å². The summed E-state index contributed by atoms with van der Waals surface area (Å²) in [6.45, 7) is 0. The van der Waals surface area contributed by atoms with E-state index in [1.807, 2.05) is 0 Å². The average molecular weight is 261 g/mol. The van der Waals surface area contributed by atoms with Gasteiger partial charge in [0.05, 0.1) is 0 Å². The van der Waals surface area contributed by atoms with Gasteiger partial charge in [0.15, 0.2) is 11.1 Å². The number of hydrogen-bond donors (Lipinski definition) is 3. The van der Waals surface area contributed by atoms with Crippen LogP contribution in [-0.2, 0) is 5.75 Å². The van der Waals surface area contributed by atoms with Crippen LogP contribution in [0, 0.1) is 11.2 Å². The highest BCUT2D eigenvalue weighted by Crippen LogP contribution is 2.20. The molecular formula is C9H10ClFN4S. The van der Waals surface area contributed by atoms with Gasteiger partial charge in [-0.2, -0.15) is 4.99 Å². The van der Waals surface area contributed by atoms with Crippen molar-refractivity contribution in [1.29, 1.82) is 5.41 Å². The van der Waals surface area contributed by atoms with Gasteiger partial charge in [0.1, 0.15) is 5.82 Å². The number of rotatable bonds is 2. The van der Waals surface area contributed by atoms with Crippen LogP contribution in [0.4, 0.5) is 4.39 Å². The van der Waals surface area contributed by atoms with E-state index in [0.717, 1.165) is 11.8 Å². The molecule has 4 nitrogen and oxygen atoms in total. The third kappa shape index (κ3) is 4.08. The Kier molecular flexibility index (Phi) is 4.57. The van der Waals surface area contributed by atoms with Crippen molar-refractivity contribution in [2.75, 3.05) is 0 Å². The van der Waals surface area contributed by atoms with Crippen molar-refractivity contribution in [3.05, 3.63) is 34.6 Å². The van der Waals surface area contributed by atoms with Gasteiger partial charge in [-0.15, -0.1) is 0 Å². The van der Waals surface area contributed by atoms with E-state index in [2.05, 4.69) is 4.99 Å². The third-order valence-corrected chi connectivity index (χ3v) is 2.67. The molecule has 0 aliphatic heterocycles. The zero-order valence-corrected chi connectivity index (χ0v) is 9.78. The molecule has 5 N–H and O–H groups in total. The number of nitrogens with one attached hydrogen (secondary N) is 1. The zero-order valence-electron chi connectivity index (χ0n) is 8.21. The molecule has 86 valence electrons. The molecule has 0 aliphatic rings. The van der Waals surface area contributed by atoms with Crippen LogP contribution in [0.3, 0.4) is 0 Å². The Morgan fingerprint density at radius 2 is 2.19 bits per heavy atom. The van der Waals surface area contributed by atoms with Gasteiger partial charge >= 0.3 is 0 Å². The van der Waals surface area contributed by atoms with Gasteiger partial charge in [-0.05, 0) is 17.7 Å². The standard InChI is InChI=1S/C9H10ClFN4S/c10-6-2-1-5(7(11)3-6)4-16-9(14)15-8(12)13/h1-3H,4H2,(H5,12,13,14,15). The lowest BCUT2D eigenvalue weighted by Gasteiger charge is -2.02. The lowest BCUT2D eigenvalue weighted by molar-refractivity contribution is 0.617. The molecule has 0 saturated carbocycles. The molecule has 0 aromatic heterocycles. The predicted molar refractivity (Wildman–Crippen MR) is 66.2 cm³/mol. The highest BCUT2D eigenvalue weighted by molar-refractivity contribution is 8.13. The lowest BCUT2D eigenvalue weighted by Crippen LogP contribution is -2.23. The topological polar surface area (TPSA) is 88.2 Å². The number of aliphatic imine (C=N–C) groups is 1. The number of nitrogens with zero attached hydrogens (tertiary/aromatic N) is 1. The molecule has 0 heterocycles. The molecule has 7 heteroatoms. The summed E-state index contributed by atoms with van der Waals surface area (Å²) in [5, 5.41) is 7.63. The fourth-order valence-electron chi connectivity index (χ4n) is 0.934. The van der Waals surface area contributed by atoms with Crippen LogP contribution in [0.15, 0.2) is 23.2 Å². The van der Waals surface area contributed by atoms with E-state index in [4.69, 9.17) is 28.5 Å². The first-order valence-electron chi connectivity index (χ1n) is 4.24. The minimum atomic E-state index is -0.405. The first kappa shape index (κ1) is 12.8. The van der Waals surface area contributed by atoms with Crippen molar-refractivity contribution in [2.24, 2.45) is 16.5 Å². The smallest absolute Gasteiger partial charge is 0.193 e. The van der Waals surface area contributed by atoms with Crippen molar-refractivity contribution >= 4 is 34.5 Å². The van der Waals surface area contributed by atoms with Crippen LogP contribution in [0.5, 0.6) is 0 Å². The Bertz CT molecular complexity index is 432. The largest absolute Gasteiger partial charge is 0.370 e. The van der Waals surface area contributed by atoms with E-state index < -0.39 is 5.82 Å². The molecule has 0 amide bonds. The first-order chi connectivity index (χ1) is 7.49. The Hall–Kier alpha value is -1.27. The second kappa shape index (κ2) is 5.72. The van der Waals surface area contributed by atoms with Crippen LogP contribution in [-0.4, -0.2) is 11.1 Å². The molecule has 0 saturated heterocycles. The summed E-state index contributed by atoms with van der Waals surface area (Å²) < 4.78 is 13.3. The van der Waals surface area contributed by atoms with Crippen molar-refractivity contribution in [3.63, 3.8) is 0 Å². The van der Waals surface area contributed by atoms with Crippen molar-refractivity contribution < 1.29 is 4.39 Å².